The number of hydrogen-bond donors (Lipinski definition) is 0. The van der Waals surface area contributed by atoms with Crippen molar-refractivity contribution in [1.82, 2.24) is 9.21 Å². The zero-order valence-corrected chi connectivity index (χ0v) is 14.7. The lowest BCUT2D eigenvalue weighted by Gasteiger charge is -2.10. The first-order valence-electron chi connectivity index (χ1n) is 7.70. The average Bonchev–Trinajstić information content (AvgIpc) is 3.31. The summed E-state index contributed by atoms with van der Waals surface area (Å²) in [5.74, 6) is -0.209. The van der Waals surface area contributed by atoms with Crippen molar-refractivity contribution in [1.29, 1.82) is 0 Å². The topological polar surface area (TPSA) is 57.5 Å². The lowest BCUT2D eigenvalue weighted by Crippen LogP contribution is -2.30. The van der Waals surface area contributed by atoms with Gasteiger partial charge in [-0.2, -0.15) is 4.31 Å². The van der Waals surface area contributed by atoms with Crippen molar-refractivity contribution in [3.63, 3.8) is 0 Å². The van der Waals surface area contributed by atoms with Gasteiger partial charge in [0, 0.05) is 14.1 Å². The van der Waals surface area contributed by atoms with Crippen LogP contribution in [0.2, 0.25) is 0 Å². The quantitative estimate of drug-likeness (QED) is 0.799. The third kappa shape index (κ3) is 2.83. The molecule has 1 amide bonds. The molecule has 5 nitrogen and oxygen atoms in total. The van der Waals surface area contributed by atoms with Crippen LogP contribution in [0.5, 0.6) is 0 Å². The summed E-state index contributed by atoms with van der Waals surface area (Å²) in [5.41, 5.74) is 1.81. The van der Waals surface area contributed by atoms with Crippen LogP contribution in [0.15, 0.2) is 59.5 Å². The predicted octanol–water partition coefficient (Wildman–Crippen LogP) is 2.20. The van der Waals surface area contributed by atoms with E-state index in [0.29, 0.717) is 0 Å². The van der Waals surface area contributed by atoms with Crippen LogP contribution in [0.25, 0.3) is 0 Å². The van der Waals surface area contributed by atoms with Crippen molar-refractivity contribution in [3.05, 3.63) is 65.7 Å². The Kier molecular flexibility index (Phi) is 4.19. The number of rotatable bonds is 4. The summed E-state index contributed by atoms with van der Waals surface area (Å²) in [4.78, 5) is 14.1. The number of amides is 1. The second kappa shape index (κ2) is 6.03. The Morgan fingerprint density at radius 2 is 1.58 bits per heavy atom. The van der Waals surface area contributed by atoms with Crippen LogP contribution < -0.4 is 0 Å². The largest absolute Gasteiger partial charge is 0.347 e. The maximum absolute atomic E-state index is 13.0. The van der Waals surface area contributed by atoms with E-state index in [1.54, 1.807) is 38.4 Å². The lowest BCUT2D eigenvalue weighted by molar-refractivity contribution is -0.128. The van der Waals surface area contributed by atoms with Crippen LogP contribution in [-0.2, 0) is 14.8 Å². The van der Waals surface area contributed by atoms with Gasteiger partial charge in [-0.15, -0.1) is 0 Å². The van der Waals surface area contributed by atoms with E-state index in [1.165, 1.54) is 9.21 Å². The number of sulfonamides is 1. The maximum Gasteiger partial charge on any atom is 0.244 e. The second-order valence-electron chi connectivity index (χ2n) is 6.18. The first kappa shape index (κ1) is 16.7. The van der Waals surface area contributed by atoms with E-state index >= 15 is 0 Å². The molecule has 0 aromatic heterocycles. The second-order valence-corrected chi connectivity index (χ2v) is 8.02. The molecule has 126 valence electrons. The van der Waals surface area contributed by atoms with Crippen molar-refractivity contribution < 1.29 is 13.2 Å². The number of carbonyl (C=O) groups is 1. The van der Waals surface area contributed by atoms with Crippen LogP contribution in [0.1, 0.15) is 17.2 Å². The van der Waals surface area contributed by atoms with Gasteiger partial charge in [-0.1, -0.05) is 48.0 Å². The minimum Gasteiger partial charge on any atom is -0.347 e. The van der Waals surface area contributed by atoms with Crippen molar-refractivity contribution >= 4 is 15.9 Å². The monoisotopic (exact) mass is 344 g/mol. The Morgan fingerprint density at radius 1 is 1.00 bits per heavy atom. The Labute approximate surface area is 142 Å². The molecule has 24 heavy (non-hydrogen) atoms. The number of hydrogen-bond acceptors (Lipinski definition) is 3. The van der Waals surface area contributed by atoms with Gasteiger partial charge in [-0.25, -0.2) is 8.42 Å². The summed E-state index contributed by atoms with van der Waals surface area (Å²) in [6.45, 7) is 1.90. The van der Waals surface area contributed by atoms with Gasteiger partial charge in [0.15, 0.2) is 0 Å². The molecule has 2 aromatic rings. The Hall–Kier alpha value is -2.18. The van der Waals surface area contributed by atoms with Gasteiger partial charge in [-0.3, -0.25) is 4.79 Å². The van der Waals surface area contributed by atoms with Crippen molar-refractivity contribution in [2.75, 3.05) is 14.1 Å². The molecule has 6 heteroatoms. The molecular formula is C18H20N2O3S. The highest BCUT2D eigenvalue weighted by atomic mass is 32.2. The summed E-state index contributed by atoms with van der Waals surface area (Å²) >= 11 is 0. The molecule has 0 radical (unpaired) electrons. The zero-order chi connectivity index (χ0) is 17.5. The molecule has 0 bridgehead atoms. The molecule has 1 aliphatic rings. The highest BCUT2D eigenvalue weighted by Crippen LogP contribution is 2.48. The Balaban J connectivity index is 2.00. The summed E-state index contributed by atoms with van der Waals surface area (Å²) in [7, 11) is -0.445. The normalized spacial score (nSPS) is 22.9. The summed E-state index contributed by atoms with van der Waals surface area (Å²) in [6, 6.07) is 14.8. The molecule has 1 unspecified atom stereocenters. The fraction of sp³-hybridized carbons (Fsp3) is 0.278. The van der Waals surface area contributed by atoms with E-state index < -0.39 is 22.1 Å². The van der Waals surface area contributed by atoms with Crippen LogP contribution in [0.4, 0.5) is 0 Å². The third-order valence-electron chi connectivity index (χ3n) is 4.19. The molecule has 0 aliphatic carbocycles. The van der Waals surface area contributed by atoms with Crippen molar-refractivity contribution in [2.24, 2.45) is 0 Å². The van der Waals surface area contributed by atoms with E-state index in [1.807, 2.05) is 37.3 Å². The Bertz CT molecular complexity index is 846. The zero-order valence-electron chi connectivity index (χ0n) is 13.9. The Morgan fingerprint density at radius 3 is 2.12 bits per heavy atom. The molecule has 0 saturated carbocycles. The van der Waals surface area contributed by atoms with E-state index in [0.717, 1.165) is 11.1 Å². The molecule has 1 saturated heterocycles. The first-order valence-corrected chi connectivity index (χ1v) is 9.14. The van der Waals surface area contributed by atoms with Gasteiger partial charge in [0.2, 0.25) is 15.9 Å². The SMILES string of the molecule is Cc1ccc(S(=O)(=O)N2[C@H](C(=O)N(C)C)[C@@H]2c2ccccc2)cc1. The molecule has 0 spiro atoms. The molecule has 1 heterocycles. The van der Waals surface area contributed by atoms with E-state index in [2.05, 4.69) is 0 Å². The number of aryl methyl sites for hydroxylation is 1. The molecular weight excluding hydrogens is 324 g/mol. The number of likely N-dealkylation sites (N-methyl/N-ethyl adjacent to an activating group) is 1. The highest BCUT2D eigenvalue weighted by Gasteiger charge is 2.60. The standard InChI is InChI=1S/C18H20N2O3S/c1-13-9-11-15(12-10-13)24(22,23)20-16(14-7-5-4-6-8-14)17(20)18(21)19(2)3/h4-12,16-17H,1-3H3/t16-,17-,20?/m0/s1. The number of carbonyl (C=O) groups excluding carboxylic acids is 1. The number of nitrogens with zero attached hydrogens (tertiary/aromatic N) is 2. The highest BCUT2D eigenvalue weighted by molar-refractivity contribution is 7.89. The molecule has 2 aromatic carbocycles. The third-order valence-corrected chi connectivity index (χ3v) is 6.07. The van der Waals surface area contributed by atoms with Gasteiger partial charge >= 0.3 is 0 Å². The summed E-state index contributed by atoms with van der Waals surface area (Å²) in [5, 5.41) is 0. The van der Waals surface area contributed by atoms with Crippen LogP contribution >= 0.6 is 0 Å². The van der Waals surface area contributed by atoms with E-state index in [4.69, 9.17) is 0 Å². The minimum absolute atomic E-state index is 0.209. The molecule has 3 atom stereocenters. The minimum atomic E-state index is -3.72. The van der Waals surface area contributed by atoms with E-state index in [9.17, 15) is 13.2 Å². The molecule has 1 aliphatic heterocycles. The van der Waals surface area contributed by atoms with Crippen LogP contribution in [0, 0.1) is 6.92 Å². The van der Waals surface area contributed by atoms with Gasteiger partial charge in [0.25, 0.3) is 0 Å². The van der Waals surface area contributed by atoms with Gasteiger partial charge in [0.1, 0.15) is 6.04 Å². The molecule has 1 fully saturated rings. The van der Waals surface area contributed by atoms with Crippen molar-refractivity contribution in [2.45, 2.75) is 23.9 Å². The van der Waals surface area contributed by atoms with E-state index in [-0.39, 0.29) is 10.8 Å². The number of benzene rings is 2. The van der Waals surface area contributed by atoms with Gasteiger partial charge in [0.05, 0.1) is 10.9 Å². The molecule has 3 rings (SSSR count). The lowest BCUT2D eigenvalue weighted by atomic mass is 10.1. The average molecular weight is 344 g/mol. The fourth-order valence-electron chi connectivity index (χ4n) is 2.83. The molecule has 0 N–H and O–H groups in total. The van der Waals surface area contributed by atoms with Gasteiger partial charge in [-0.05, 0) is 24.6 Å². The summed E-state index contributed by atoms with van der Waals surface area (Å²) < 4.78 is 27.3. The van der Waals surface area contributed by atoms with Crippen molar-refractivity contribution in [3.8, 4) is 0 Å². The van der Waals surface area contributed by atoms with Crippen LogP contribution in [-0.4, -0.2) is 43.7 Å². The predicted molar refractivity (Wildman–Crippen MR) is 91.9 cm³/mol. The summed E-state index contributed by atoms with van der Waals surface area (Å²) in [6.07, 6.45) is 0. The van der Waals surface area contributed by atoms with Crippen LogP contribution in [0.3, 0.4) is 0 Å². The first-order chi connectivity index (χ1) is 11.3. The van der Waals surface area contributed by atoms with Gasteiger partial charge < -0.3 is 4.90 Å². The smallest absolute Gasteiger partial charge is 0.244 e. The fourth-order valence-corrected chi connectivity index (χ4v) is 4.54. The maximum atomic E-state index is 13.0.